The molecule has 0 heterocycles. The summed E-state index contributed by atoms with van der Waals surface area (Å²) >= 11 is 6.29. The number of aliphatic hydroxyl groups excluding tert-OH is 1. The van der Waals surface area contributed by atoms with E-state index in [1.807, 2.05) is 18.2 Å². The third-order valence-electron chi connectivity index (χ3n) is 3.16. The van der Waals surface area contributed by atoms with Gasteiger partial charge >= 0.3 is 0 Å². The fraction of sp³-hybridized carbons (Fsp3) is 0.571. The molecule has 3 nitrogen and oxygen atoms in total. The Morgan fingerprint density at radius 2 is 2.17 bits per heavy atom. The molecular formula is C14H22ClNO2. The van der Waals surface area contributed by atoms with E-state index >= 15 is 0 Å². The van der Waals surface area contributed by atoms with Gasteiger partial charge in [0.1, 0.15) is 0 Å². The van der Waals surface area contributed by atoms with Crippen molar-refractivity contribution in [3.8, 4) is 0 Å². The molecule has 0 aromatic heterocycles. The fourth-order valence-electron chi connectivity index (χ4n) is 1.87. The quantitative estimate of drug-likeness (QED) is 0.827. The number of rotatable bonds is 7. The maximum atomic E-state index is 9.10. The lowest BCUT2D eigenvalue weighted by Gasteiger charge is -2.31. The molecule has 18 heavy (non-hydrogen) atoms. The van der Waals surface area contributed by atoms with Gasteiger partial charge in [-0.05, 0) is 31.0 Å². The Bertz CT molecular complexity index is 371. The minimum Gasteiger partial charge on any atom is -0.392 e. The Labute approximate surface area is 114 Å². The molecule has 1 aromatic rings. The first-order valence-electron chi connectivity index (χ1n) is 6.28. The van der Waals surface area contributed by atoms with Gasteiger partial charge < -0.3 is 14.7 Å². The molecule has 0 aliphatic carbocycles. The first-order chi connectivity index (χ1) is 8.63. The van der Waals surface area contributed by atoms with Gasteiger partial charge in [0.25, 0.3) is 0 Å². The molecule has 0 spiro atoms. The number of benzene rings is 1. The van der Waals surface area contributed by atoms with E-state index in [1.54, 1.807) is 7.11 Å². The molecule has 0 saturated heterocycles. The molecule has 0 saturated carbocycles. The number of hydrogen-bond donors (Lipinski definition) is 1. The summed E-state index contributed by atoms with van der Waals surface area (Å²) in [5, 5.41) is 9.77. The van der Waals surface area contributed by atoms with Crippen molar-refractivity contribution in [2.24, 2.45) is 0 Å². The molecule has 0 amide bonds. The Hall–Kier alpha value is -0.770. The van der Waals surface area contributed by atoms with Crippen molar-refractivity contribution in [2.45, 2.75) is 32.9 Å². The van der Waals surface area contributed by atoms with Crippen LogP contribution in [0.4, 0.5) is 5.69 Å². The van der Waals surface area contributed by atoms with Crippen molar-refractivity contribution in [3.63, 3.8) is 0 Å². The molecule has 0 bridgehead atoms. The number of nitrogens with zero attached hydrogens (tertiary/aromatic N) is 1. The first kappa shape index (κ1) is 15.3. The SMILES string of the molecule is CCC(C)N(CCOC)c1ccc(CO)cc1Cl. The highest BCUT2D eigenvalue weighted by atomic mass is 35.5. The number of ether oxygens (including phenoxy) is 1. The van der Waals surface area contributed by atoms with Gasteiger partial charge in [0.05, 0.1) is 23.9 Å². The minimum atomic E-state index is 0.0153. The average Bonchev–Trinajstić information content (AvgIpc) is 2.39. The van der Waals surface area contributed by atoms with Gasteiger partial charge in [0.15, 0.2) is 0 Å². The second-order valence-corrected chi connectivity index (χ2v) is 4.79. The Morgan fingerprint density at radius 3 is 2.67 bits per heavy atom. The molecule has 1 rings (SSSR count). The van der Waals surface area contributed by atoms with Crippen LogP contribution < -0.4 is 4.90 Å². The van der Waals surface area contributed by atoms with E-state index in [2.05, 4.69) is 18.7 Å². The van der Waals surface area contributed by atoms with E-state index in [-0.39, 0.29) is 6.61 Å². The molecule has 1 aromatic carbocycles. The molecule has 1 unspecified atom stereocenters. The lowest BCUT2D eigenvalue weighted by molar-refractivity contribution is 0.203. The van der Waals surface area contributed by atoms with E-state index in [4.69, 9.17) is 21.4 Å². The van der Waals surface area contributed by atoms with Crippen LogP contribution in [-0.2, 0) is 11.3 Å². The summed E-state index contributed by atoms with van der Waals surface area (Å²) in [6.45, 7) is 5.82. The zero-order valence-corrected chi connectivity index (χ0v) is 12.1. The maximum Gasteiger partial charge on any atom is 0.0682 e. The monoisotopic (exact) mass is 271 g/mol. The van der Waals surface area contributed by atoms with Crippen LogP contribution in [0.25, 0.3) is 0 Å². The maximum absolute atomic E-state index is 9.10. The van der Waals surface area contributed by atoms with Crippen molar-refractivity contribution in [1.82, 2.24) is 0 Å². The largest absolute Gasteiger partial charge is 0.392 e. The number of hydrogen-bond acceptors (Lipinski definition) is 3. The highest BCUT2D eigenvalue weighted by Gasteiger charge is 2.15. The lowest BCUT2D eigenvalue weighted by atomic mass is 10.1. The summed E-state index contributed by atoms with van der Waals surface area (Å²) in [5.74, 6) is 0. The first-order valence-corrected chi connectivity index (χ1v) is 6.66. The van der Waals surface area contributed by atoms with E-state index in [1.165, 1.54) is 0 Å². The smallest absolute Gasteiger partial charge is 0.0682 e. The van der Waals surface area contributed by atoms with Crippen molar-refractivity contribution < 1.29 is 9.84 Å². The van der Waals surface area contributed by atoms with Crippen LogP contribution in [0.5, 0.6) is 0 Å². The van der Waals surface area contributed by atoms with Crippen LogP contribution in [0.2, 0.25) is 5.02 Å². The van der Waals surface area contributed by atoms with Gasteiger partial charge in [-0.15, -0.1) is 0 Å². The minimum absolute atomic E-state index is 0.0153. The molecular weight excluding hydrogens is 250 g/mol. The predicted molar refractivity (Wildman–Crippen MR) is 76.3 cm³/mol. The summed E-state index contributed by atoms with van der Waals surface area (Å²) in [5.41, 5.74) is 1.83. The third kappa shape index (κ3) is 3.87. The summed E-state index contributed by atoms with van der Waals surface area (Å²) in [6, 6.07) is 6.09. The van der Waals surface area contributed by atoms with Crippen molar-refractivity contribution in [1.29, 1.82) is 0 Å². The molecule has 1 atom stereocenters. The van der Waals surface area contributed by atoms with Gasteiger partial charge in [0.2, 0.25) is 0 Å². The molecule has 0 aliphatic rings. The highest BCUT2D eigenvalue weighted by Crippen LogP contribution is 2.29. The van der Waals surface area contributed by atoms with Gasteiger partial charge in [-0.3, -0.25) is 0 Å². The van der Waals surface area contributed by atoms with Crippen LogP contribution in [-0.4, -0.2) is 31.4 Å². The van der Waals surface area contributed by atoms with Crippen LogP contribution in [0.3, 0.4) is 0 Å². The highest BCUT2D eigenvalue weighted by molar-refractivity contribution is 6.33. The van der Waals surface area contributed by atoms with Crippen molar-refractivity contribution in [2.75, 3.05) is 25.2 Å². The predicted octanol–water partition coefficient (Wildman–Crippen LogP) is 3.08. The number of halogens is 1. The molecule has 0 radical (unpaired) electrons. The number of methoxy groups -OCH3 is 1. The van der Waals surface area contributed by atoms with Crippen molar-refractivity contribution in [3.05, 3.63) is 28.8 Å². The van der Waals surface area contributed by atoms with E-state index < -0.39 is 0 Å². The van der Waals surface area contributed by atoms with E-state index in [9.17, 15) is 0 Å². The standard InChI is InChI=1S/C14H22ClNO2/c1-4-11(2)16(7-8-18-3)14-6-5-12(10-17)9-13(14)15/h5-6,9,11,17H,4,7-8,10H2,1-3H3. The molecule has 0 aliphatic heterocycles. The van der Waals surface area contributed by atoms with Crippen LogP contribution in [0, 0.1) is 0 Å². The zero-order chi connectivity index (χ0) is 13.5. The number of aliphatic hydroxyl groups is 1. The summed E-state index contributed by atoms with van der Waals surface area (Å²) in [7, 11) is 1.70. The molecule has 102 valence electrons. The van der Waals surface area contributed by atoms with Crippen LogP contribution in [0.1, 0.15) is 25.8 Å². The van der Waals surface area contributed by atoms with Gasteiger partial charge in [-0.25, -0.2) is 0 Å². The summed E-state index contributed by atoms with van der Waals surface area (Å²) < 4.78 is 5.15. The van der Waals surface area contributed by atoms with E-state index in [0.717, 1.165) is 24.2 Å². The third-order valence-corrected chi connectivity index (χ3v) is 3.47. The Kier molecular flexibility index (Phi) is 6.47. The molecule has 1 N–H and O–H groups in total. The van der Waals surface area contributed by atoms with Gasteiger partial charge in [-0.2, -0.15) is 0 Å². The molecule has 0 fully saturated rings. The zero-order valence-electron chi connectivity index (χ0n) is 11.3. The van der Waals surface area contributed by atoms with E-state index in [0.29, 0.717) is 17.7 Å². The lowest BCUT2D eigenvalue weighted by Crippen LogP contribution is -2.35. The summed E-state index contributed by atoms with van der Waals surface area (Å²) in [4.78, 5) is 2.24. The van der Waals surface area contributed by atoms with Gasteiger partial charge in [0, 0.05) is 19.7 Å². The Balaban J connectivity index is 2.96. The molecule has 4 heteroatoms. The second-order valence-electron chi connectivity index (χ2n) is 4.39. The number of anilines is 1. The summed E-state index contributed by atoms with van der Waals surface area (Å²) in [6.07, 6.45) is 1.04. The topological polar surface area (TPSA) is 32.7 Å². The van der Waals surface area contributed by atoms with Gasteiger partial charge in [-0.1, -0.05) is 24.6 Å². The second kappa shape index (κ2) is 7.62. The fourth-order valence-corrected chi connectivity index (χ4v) is 2.18. The van der Waals surface area contributed by atoms with Crippen molar-refractivity contribution >= 4 is 17.3 Å². The average molecular weight is 272 g/mol. The normalized spacial score (nSPS) is 12.5. The Morgan fingerprint density at radius 1 is 1.44 bits per heavy atom. The van der Waals surface area contributed by atoms with Crippen LogP contribution >= 0.6 is 11.6 Å². The van der Waals surface area contributed by atoms with Crippen LogP contribution in [0.15, 0.2) is 18.2 Å².